The summed E-state index contributed by atoms with van der Waals surface area (Å²) < 4.78 is 14.8. The van der Waals surface area contributed by atoms with E-state index in [1.807, 2.05) is 57.3 Å². The normalized spacial score (nSPS) is 21.2. The molecule has 0 aliphatic carbocycles. The van der Waals surface area contributed by atoms with Gasteiger partial charge in [-0.25, -0.2) is 14.2 Å². The summed E-state index contributed by atoms with van der Waals surface area (Å²) in [5, 5.41) is 3.13. The molecule has 3 aromatic rings. The Morgan fingerprint density at radius 2 is 1.66 bits per heavy atom. The van der Waals surface area contributed by atoms with Crippen LogP contribution < -0.4 is 10.2 Å². The Labute approximate surface area is 317 Å². The fourth-order valence-electron chi connectivity index (χ4n) is 8.65. The monoisotopic (exact) mass is 722 g/mol. The Bertz CT molecular complexity index is 1940. The zero-order valence-electron chi connectivity index (χ0n) is 34.2. The van der Waals surface area contributed by atoms with Gasteiger partial charge in [0, 0.05) is 37.3 Å². The van der Waals surface area contributed by atoms with E-state index < -0.39 is 17.3 Å². The number of nitrogens with zero attached hydrogens (tertiary/aromatic N) is 4. The summed E-state index contributed by atoms with van der Waals surface area (Å²) in [6, 6.07) is 17.8. The van der Waals surface area contributed by atoms with Crippen LogP contribution in [-0.4, -0.2) is 53.5 Å². The van der Waals surface area contributed by atoms with Gasteiger partial charge in [0.1, 0.15) is 17.9 Å². The zero-order valence-corrected chi connectivity index (χ0v) is 34.2. The predicted octanol–water partition coefficient (Wildman–Crippen LogP) is 11.0. The van der Waals surface area contributed by atoms with Crippen LogP contribution in [-0.2, 0) is 4.79 Å². The molecule has 1 saturated heterocycles. The van der Waals surface area contributed by atoms with E-state index in [1.54, 1.807) is 6.07 Å². The smallest absolute Gasteiger partial charge is 0.355 e. The molecule has 2 heterocycles. The molecule has 284 valence electrons. The summed E-state index contributed by atoms with van der Waals surface area (Å²) in [5.41, 5.74) is 4.43. The Kier molecular flexibility index (Phi) is 11.3. The maximum atomic E-state index is 15.3. The van der Waals surface area contributed by atoms with Crippen molar-refractivity contribution in [1.29, 1.82) is 0 Å². The number of amides is 2. The van der Waals surface area contributed by atoms with Crippen molar-refractivity contribution in [3.8, 4) is 0 Å². The highest BCUT2D eigenvalue weighted by Gasteiger charge is 2.80. The van der Waals surface area contributed by atoms with Crippen LogP contribution in [0.5, 0.6) is 0 Å². The molecule has 0 radical (unpaired) electrons. The zero-order chi connectivity index (χ0) is 39.1. The van der Waals surface area contributed by atoms with Gasteiger partial charge in [0.05, 0.1) is 11.4 Å². The number of aryl methyl sites for hydroxylation is 2. The average molecular weight is 723 g/mol. The lowest BCUT2D eigenvalue weighted by atomic mass is 9.75. The molecule has 53 heavy (non-hydrogen) atoms. The van der Waals surface area contributed by atoms with Gasteiger partial charge in [-0.05, 0) is 110 Å². The number of fused-ring (bicyclic) bond motifs is 1. The summed E-state index contributed by atoms with van der Waals surface area (Å²) >= 11 is 0. The molecule has 2 aliphatic heterocycles. The minimum absolute atomic E-state index is 0.0141. The molecule has 4 atom stereocenters. The number of rotatable bonds is 12. The number of hydrogen-bond donors (Lipinski definition) is 1. The first-order valence-corrected chi connectivity index (χ1v) is 19.3. The van der Waals surface area contributed by atoms with Gasteiger partial charge in [0.15, 0.2) is 5.54 Å². The van der Waals surface area contributed by atoms with E-state index in [2.05, 4.69) is 78.6 Å². The minimum Gasteiger partial charge on any atom is -0.375 e. The van der Waals surface area contributed by atoms with Gasteiger partial charge in [-0.2, -0.15) is 9.48 Å². The van der Waals surface area contributed by atoms with E-state index in [0.29, 0.717) is 35.4 Å². The van der Waals surface area contributed by atoms with Crippen molar-refractivity contribution in [2.24, 2.45) is 32.7 Å². The number of carbonyl (C=O) groups excluding carboxylic acids is 2. The molecular weight excluding hydrogens is 662 g/mol. The van der Waals surface area contributed by atoms with Crippen LogP contribution in [0.2, 0.25) is 0 Å². The van der Waals surface area contributed by atoms with Gasteiger partial charge in [-0.1, -0.05) is 73.6 Å². The number of halogens is 1. The molecule has 4 unspecified atom stereocenters. The van der Waals surface area contributed by atoms with Crippen LogP contribution in [0.4, 0.5) is 27.1 Å². The van der Waals surface area contributed by atoms with Gasteiger partial charge < -0.3 is 10.2 Å². The standard InChI is InChI=1S/C45H60FN5O2/c1-13-50(12)34-19-21-37(31(4)24-34)47-39(41(52)49-36-17-15-14-16-30(36)3)40-48-38-20-18-33(46)25-35(38)42(53)51(40)28-45(51,32(5)27-44(9,10)11)23-22-29(2)26-43(6,7)8/h14-21,24-25,29,32H,13,22-23,26-28H2,1-12H3/p+1. The quantitative estimate of drug-likeness (QED) is 0.115. The number of quaternary nitrogens is 1. The van der Waals surface area contributed by atoms with E-state index in [-0.39, 0.29) is 38.4 Å². The predicted molar refractivity (Wildman–Crippen MR) is 218 cm³/mol. The molecule has 2 amide bonds. The molecule has 1 fully saturated rings. The SMILES string of the molecule is CCN(C)c1ccc(N=C(C(=O)Nc2ccccc2C)C2=Nc3ccc(F)cc3C(=O)[N+]23CC3(CCC(C)CC(C)(C)C)C(C)CC(C)(C)C)c(C)c1. The third kappa shape index (κ3) is 8.33. The second kappa shape index (κ2) is 14.9. The highest BCUT2D eigenvalue weighted by Crippen LogP contribution is 2.58. The van der Waals surface area contributed by atoms with Crippen molar-refractivity contribution in [1.82, 2.24) is 0 Å². The second-order valence-electron chi connectivity index (χ2n) is 18.3. The highest BCUT2D eigenvalue weighted by molar-refractivity contribution is 6.68. The van der Waals surface area contributed by atoms with Crippen molar-refractivity contribution >= 4 is 46.1 Å². The van der Waals surface area contributed by atoms with Crippen LogP contribution in [0.15, 0.2) is 70.6 Å². The Morgan fingerprint density at radius 3 is 2.28 bits per heavy atom. The van der Waals surface area contributed by atoms with E-state index in [1.165, 1.54) is 12.1 Å². The lowest BCUT2D eigenvalue weighted by molar-refractivity contribution is -0.647. The third-order valence-corrected chi connectivity index (χ3v) is 11.3. The third-order valence-electron chi connectivity index (χ3n) is 11.3. The lowest BCUT2D eigenvalue weighted by Gasteiger charge is -2.35. The first-order chi connectivity index (χ1) is 24.7. The minimum atomic E-state index is -0.564. The molecule has 1 N–H and O–H groups in total. The molecule has 5 rings (SSSR count). The maximum absolute atomic E-state index is 15.3. The number of benzene rings is 3. The summed E-state index contributed by atoms with van der Waals surface area (Å²) in [6.07, 6.45) is 3.59. The fraction of sp³-hybridized carbons (Fsp3) is 0.511. The fourth-order valence-corrected chi connectivity index (χ4v) is 8.65. The largest absolute Gasteiger partial charge is 0.375 e. The Balaban J connectivity index is 1.75. The van der Waals surface area contributed by atoms with Crippen LogP contribution >= 0.6 is 0 Å². The summed E-state index contributed by atoms with van der Waals surface area (Å²) in [7, 11) is 2.04. The van der Waals surface area contributed by atoms with Gasteiger partial charge in [0.2, 0.25) is 5.71 Å². The van der Waals surface area contributed by atoms with Gasteiger partial charge in [-0.15, -0.1) is 0 Å². The first-order valence-electron chi connectivity index (χ1n) is 19.3. The van der Waals surface area contributed by atoms with Crippen LogP contribution in [0.25, 0.3) is 0 Å². The number of para-hydroxylation sites is 1. The summed E-state index contributed by atoms with van der Waals surface area (Å²) in [6.45, 7) is 25.4. The maximum Gasteiger partial charge on any atom is 0.355 e. The lowest BCUT2D eigenvalue weighted by Crippen LogP contribution is -2.55. The van der Waals surface area contributed by atoms with Crippen molar-refractivity contribution in [2.75, 3.05) is 30.4 Å². The molecule has 0 saturated carbocycles. The molecule has 1 spiro atoms. The van der Waals surface area contributed by atoms with Crippen molar-refractivity contribution in [2.45, 2.75) is 107 Å². The van der Waals surface area contributed by atoms with E-state index in [9.17, 15) is 9.18 Å². The average Bonchev–Trinajstić information content (AvgIpc) is 3.75. The van der Waals surface area contributed by atoms with E-state index >= 15 is 4.79 Å². The topological polar surface area (TPSA) is 74.1 Å². The Morgan fingerprint density at radius 1 is 0.981 bits per heavy atom. The molecule has 3 aromatic carbocycles. The molecular formula is C45H61FN5O2+. The number of hydrogen-bond acceptors (Lipinski definition) is 5. The van der Waals surface area contributed by atoms with Crippen LogP contribution in [0.1, 0.15) is 109 Å². The van der Waals surface area contributed by atoms with Gasteiger partial charge >= 0.3 is 5.91 Å². The van der Waals surface area contributed by atoms with E-state index in [4.69, 9.17) is 9.98 Å². The second-order valence-corrected chi connectivity index (χ2v) is 18.3. The number of amidine groups is 1. The number of nitrogens with one attached hydrogen (secondary N) is 1. The molecule has 8 heteroatoms. The summed E-state index contributed by atoms with van der Waals surface area (Å²) in [4.78, 5) is 42.6. The molecule has 0 aromatic heterocycles. The van der Waals surface area contributed by atoms with Crippen LogP contribution in [0, 0.1) is 42.3 Å². The number of aliphatic imine (C=N–C) groups is 2. The molecule has 7 nitrogen and oxygen atoms in total. The molecule has 0 bridgehead atoms. The number of carbonyl (C=O) groups is 2. The van der Waals surface area contributed by atoms with Gasteiger partial charge in [0.25, 0.3) is 11.7 Å². The highest BCUT2D eigenvalue weighted by atomic mass is 19.1. The molecule has 2 aliphatic rings. The summed E-state index contributed by atoms with van der Waals surface area (Å²) in [5.74, 6) is -0.310. The Hall–Kier alpha value is -4.17. The number of anilines is 2. The first kappa shape index (κ1) is 40.0. The van der Waals surface area contributed by atoms with Crippen molar-refractivity contribution in [3.63, 3.8) is 0 Å². The van der Waals surface area contributed by atoms with Crippen molar-refractivity contribution < 1.29 is 18.5 Å². The van der Waals surface area contributed by atoms with Crippen LogP contribution in [0.3, 0.4) is 0 Å². The van der Waals surface area contributed by atoms with E-state index in [0.717, 1.165) is 49.0 Å². The van der Waals surface area contributed by atoms with Gasteiger partial charge in [-0.3, -0.25) is 4.79 Å². The van der Waals surface area contributed by atoms with Crippen molar-refractivity contribution in [3.05, 3.63) is 83.2 Å².